The maximum atomic E-state index is 12.9. The van der Waals surface area contributed by atoms with Gasteiger partial charge in [0.15, 0.2) is 0 Å². The minimum absolute atomic E-state index is 0.131. The van der Waals surface area contributed by atoms with E-state index in [0.29, 0.717) is 17.7 Å². The smallest absolute Gasteiger partial charge is 0.268 e. The van der Waals surface area contributed by atoms with E-state index in [9.17, 15) is 19.8 Å². The number of non-ortho nitro benzene ring substituents is 1. The molecule has 0 bridgehead atoms. The molecule has 0 atom stereocenters. The monoisotopic (exact) mass is 322 g/mol. The van der Waals surface area contributed by atoms with Crippen LogP contribution in [0.1, 0.15) is 11.1 Å². The third kappa shape index (κ3) is 3.13. The van der Waals surface area contributed by atoms with Crippen LogP contribution in [0.2, 0.25) is 0 Å². The predicted molar refractivity (Wildman–Crippen MR) is 84.5 cm³/mol. The van der Waals surface area contributed by atoms with Crippen molar-refractivity contribution in [1.82, 2.24) is 9.78 Å². The Morgan fingerprint density at radius 1 is 1.25 bits per heavy atom. The van der Waals surface area contributed by atoms with Gasteiger partial charge in [-0.15, -0.1) is 0 Å². The van der Waals surface area contributed by atoms with Crippen LogP contribution in [0.15, 0.2) is 54.9 Å². The lowest BCUT2D eigenvalue weighted by atomic mass is 10.0. The van der Waals surface area contributed by atoms with Crippen LogP contribution in [-0.2, 0) is 6.54 Å². The van der Waals surface area contributed by atoms with Gasteiger partial charge in [0.1, 0.15) is 11.9 Å². The molecule has 2 aromatic carbocycles. The number of nitro groups is 1. The zero-order chi connectivity index (χ0) is 17.1. The molecule has 24 heavy (non-hydrogen) atoms. The Bertz CT molecular complexity index is 942. The molecule has 0 spiro atoms. The number of hydrogen-bond acceptors (Lipinski definition) is 4. The van der Waals surface area contributed by atoms with Gasteiger partial charge in [-0.25, -0.2) is 4.39 Å². The standard InChI is InChI=1S/C17H11FN4O2/c18-15-3-1-12(2-4-15)10-21-11-14(9-20-21)17-6-5-16(22(23)24)7-13(17)8-19/h1-7,9,11H,10H2. The van der Waals surface area contributed by atoms with Gasteiger partial charge < -0.3 is 0 Å². The number of nitriles is 1. The summed E-state index contributed by atoms with van der Waals surface area (Å²) in [5.41, 5.74) is 2.23. The summed E-state index contributed by atoms with van der Waals surface area (Å²) in [5.74, 6) is -0.301. The molecule has 0 fully saturated rings. The van der Waals surface area contributed by atoms with E-state index >= 15 is 0 Å². The third-order valence-electron chi connectivity index (χ3n) is 3.54. The quantitative estimate of drug-likeness (QED) is 0.543. The van der Waals surface area contributed by atoms with Crippen molar-refractivity contribution in [2.75, 3.05) is 0 Å². The Morgan fingerprint density at radius 3 is 2.67 bits per heavy atom. The highest BCUT2D eigenvalue weighted by Gasteiger charge is 2.13. The van der Waals surface area contributed by atoms with E-state index in [1.54, 1.807) is 29.2 Å². The molecule has 0 saturated heterocycles. The Morgan fingerprint density at radius 2 is 2.00 bits per heavy atom. The Balaban J connectivity index is 1.89. The topological polar surface area (TPSA) is 84.8 Å². The molecule has 0 unspecified atom stereocenters. The Hall–Kier alpha value is -3.53. The van der Waals surface area contributed by atoms with Gasteiger partial charge in [-0.3, -0.25) is 14.8 Å². The van der Waals surface area contributed by atoms with Crippen LogP contribution in [0.4, 0.5) is 10.1 Å². The highest BCUT2D eigenvalue weighted by atomic mass is 19.1. The van der Waals surface area contributed by atoms with Crippen LogP contribution in [0.3, 0.4) is 0 Å². The summed E-state index contributed by atoms with van der Waals surface area (Å²) < 4.78 is 14.6. The zero-order valence-electron chi connectivity index (χ0n) is 12.4. The van der Waals surface area contributed by atoms with Crippen molar-refractivity contribution in [2.45, 2.75) is 6.54 Å². The van der Waals surface area contributed by atoms with Crippen LogP contribution in [0, 0.1) is 27.3 Å². The molecule has 0 radical (unpaired) electrons. The van der Waals surface area contributed by atoms with Crippen molar-refractivity contribution in [2.24, 2.45) is 0 Å². The van der Waals surface area contributed by atoms with Gasteiger partial charge in [0.25, 0.3) is 5.69 Å². The van der Waals surface area contributed by atoms with Gasteiger partial charge >= 0.3 is 0 Å². The van der Waals surface area contributed by atoms with Gasteiger partial charge in [-0.05, 0) is 23.8 Å². The lowest BCUT2D eigenvalue weighted by Crippen LogP contribution is -1.99. The summed E-state index contributed by atoms with van der Waals surface area (Å²) in [6.45, 7) is 0.454. The molecule has 0 aliphatic rings. The predicted octanol–water partition coefficient (Wildman–Crippen LogP) is 3.52. The molecule has 0 aliphatic heterocycles. The van der Waals surface area contributed by atoms with Crippen molar-refractivity contribution in [1.29, 1.82) is 5.26 Å². The molecule has 0 aliphatic carbocycles. The zero-order valence-corrected chi connectivity index (χ0v) is 12.4. The van der Waals surface area contributed by atoms with E-state index < -0.39 is 4.92 Å². The van der Waals surface area contributed by atoms with E-state index in [4.69, 9.17) is 0 Å². The number of nitro benzene ring substituents is 1. The average Bonchev–Trinajstić information content (AvgIpc) is 3.04. The third-order valence-corrected chi connectivity index (χ3v) is 3.54. The van der Waals surface area contributed by atoms with Gasteiger partial charge in [-0.2, -0.15) is 10.4 Å². The lowest BCUT2D eigenvalue weighted by molar-refractivity contribution is -0.384. The number of hydrogen-bond donors (Lipinski definition) is 0. The summed E-state index contributed by atoms with van der Waals surface area (Å²) in [5, 5.41) is 24.2. The van der Waals surface area contributed by atoms with Crippen LogP contribution < -0.4 is 0 Å². The van der Waals surface area contributed by atoms with Crippen LogP contribution in [-0.4, -0.2) is 14.7 Å². The first-order chi connectivity index (χ1) is 11.6. The highest BCUT2D eigenvalue weighted by molar-refractivity contribution is 5.71. The lowest BCUT2D eigenvalue weighted by Gasteiger charge is -2.02. The van der Waals surface area contributed by atoms with E-state index in [0.717, 1.165) is 5.56 Å². The molecule has 118 valence electrons. The van der Waals surface area contributed by atoms with Gasteiger partial charge in [0.2, 0.25) is 0 Å². The summed E-state index contributed by atoms with van der Waals surface area (Å²) in [6, 6.07) is 12.2. The second-order valence-electron chi connectivity index (χ2n) is 5.15. The maximum Gasteiger partial charge on any atom is 0.270 e. The highest BCUT2D eigenvalue weighted by Crippen LogP contribution is 2.26. The molecular weight excluding hydrogens is 311 g/mol. The van der Waals surface area contributed by atoms with Gasteiger partial charge in [-0.1, -0.05) is 12.1 Å². The number of nitrogens with zero attached hydrogens (tertiary/aromatic N) is 4. The van der Waals surface area contributed by atoms with E-state index in [2.05, 4.69) is 5.10 Å². The van der Waals surface area contributed by atoms with Crippen molar-refractivity contribution >= 4 is 5.69 Å². The SMILES string of the molecule is N#Cc1cc([N+](=O)[O-])ccc1-c1cnn(Cc2ccc(F)cc2)c1. The Labute approximate surface area is 136 Å². The van der Waals surface area contributed by atoms with Crippen molar-refractivity contribution in [3.05, 3.63) is 81.9 Å². The second-order valence-corrected chi connectivity index (χ2v) is 5.15. The number of halogens is 1. The van der Waals surface area contributed by atoms with E-state index in [1.165, 1.54) is 30.3 Å². The molecular formula is C17H11FN4O2. The molecule has 6 nitrogen and oxygen atoms in total. The number of benzene rings is 2. The Kier molecular flexibility index (Phi) is 4.03. The summed E-state index contributed by atoms with van der Waals surface area (Å²) >= 11 is 0. The number of aromatic nitrogens is 2. The molecule has 3 rings (SSSR count). The van der Waals surface area contributed by atoms with E-state index in [-0.39, 0.29) is 17.1 Å². The maximum absolute atomic E-state index is 12.9. The van der Waals surface area contributed by atoms with Gasteiger partial charge in [0, 0.05) is 29.5 Å². The first-order valence-electron chi connectivity index (χ1n) is 7.02. The minimum Gasteiger partial charge on any atom is -0.268 e. The average molecular weight is 322 g/mol. The molecule has 3 aromatic rings. The van der Waals surface area contributed by atoms with Crippen LogP contribution in [0.25, 0.3) is 11.1 Å². The van der Waals surface area contributed by atoms with Gasteiger partial charge in [0.05, 0.1) is 23.2 Å². The van der Waals surface area contributed by atoms with Crippen LogP contribution in [0.5, 0.6) is 0 Å². The molecule has 7 heteroatoms. The summed E-state index contributed by atoms with van der Waals surface area (Å²) in [6.07, 6.45) is 3.33. The molecule has 0 amide bonds. The fourth-order valence-electron chi connectivity index (χ4n) is 2.36. The summed E-state index contributed by atoms with van der Waals surface area (Å²) in [7, 11) is 0. The molecule has 1 aromatic heterocycles. The second kappa shape index (κ2) is 6.30. The normalized spacial score (nSPS) is 10.3. The fraction of sp³-hybridized carbons (Fsp3) is 0.0588. The van der Waals surface area contributed by atoms with E-state index in [1.807, 2.05) is 6.07 Å². The largest absolute Gasteiger partial charge is 0.270 e. The molecule has 1 heterocycles. The first kappa shape index (κ1) is 15.4. The van der Waals surface area contributed by atoms with Crippen molar-refractivity contribution in [3.63, 3.8) is 0 Å². The minimum atomic E-state index is -0.539. The summed E-state index contributed by atoms with van der Waals surface area (Å²) in [4.78, 5) is 10.3. The molecule has 0 saturated carbocycles. The molecule has 0 N–H and O–H groups in total. The number of rotatable bonds is 4. The first-order valence-corrected chi connectivity index (χ1v) is 7.02. The van der Waals surface area contributed by atoms with Crippen LogP contribution >= 0.6 is 0 Å². The van der Waals surface area contributed by atoms with Crippen molar-refractivity contribution in [3.8, 4) is 17.2 Å². The van der Waals surface area contributed by atoms with Crippen molar-refractivity contribution < 1.29 is 9.31 Å². The fourth-order valence-corrected chi connectivity index (χ4v) is 2.36.